The van der Waals surface area contributed by atoms with Crippen molar-refractivity contribution in [3.05, 3.63) is 63.8 Å². The van der Waals surface area contributed by atoms with Crippen LogP contribution >= 0.6 is 11.3 Å². The highest BCUT2D eigenvalue weighted by Gasteiger charge is 2.29. The molecule has 0 atom stereocenters. The van der Waals surface area contributed by atoms with E-state index in [4.69, 9.17) is 4.74 Å². The zero-order chi connectivity index (χ0) is 25.2. The Hall–Kier alpha value is -2.01. The first-order chi connectivity index (χ1) is 17.4. The fourth-order valence-electron chi connectivity index (χ4n) is 6.35. The maximum atomic E-state index is 15.1. The van der Waals surface area contributed by atoms with E-state index < -0.39 is 11.6 Å². The Kier molecular flexibility index (Phi) is 7.95. The lowest BCUT2D eigenvalue weighted by Gasteiger charge is -2.29. The lowest BCUT2D eigenvalue weighted by molar-refractivity contribution is 0.173. The number of ether oxygens (including phenoxy) is 1. The number of hydrogen-bond donors (Lipinski definition) is 0. The van der Waals surface area contributed by atoms with Gasteiger partial charge in [-0.1, -0.05) is 50.8 Å². The van der Waals surface area contributed by atoms with Gasteiger partial charge in [0.15, 0.2) is 11.6 Å². The van der Waals surface area contributed by atoms with Crippen LogP contribution in [-0.4, -0.2) is 6.61 Å². The first kappa shape index (κ1) is 25.6. The van der Waals surface area contributed by atoms with Crippen LogP contribution in [0, 0.1) is 36.2 Å². The summed E-state index contributed by atoms with van der Waals surface area (Å²) in [5, 5.41) is 0.956. The maximum absolute atomic E-state index is 15.1. The van der Waals surface area contributed by atoms with E-state index in [1.54, 1.807) is 30.4 Å². The second-order valence-electron chi connectivity index (χ2n) is 11.1. The van der Waals surface area contributed by atoms with Gasteiger partial charge in [-0.25, -0.2) is 8.78 Å². The second kappa shape index (κ2) is 11.2. The standard InChI is InChI=1S/C31H37F3OS/c1-3-4-20-6-8-21(9-7-20)18-35-26-16-15-25(29(33)30(26)34)22-11-13-23(14-12-22)27-17-24-10-5-19(2)28(32)31(24)36-27/h5,10,15-17,20-23H,3-4,6-9,11-14,18H2,1-2H3. The molecule has 0 saturated heterocycles. The highest BCUT2D eigenvalue weighted by Crippen LogP contribution is 2.45. The summed E-state index contributed by atoms with van der Waals surface area (Å²) < 4.78 is 51.0. The summed E-state index contributed by atoms with van der Waals surface area (Å²) in [7, 11) is 0. The van der Waals surface area contributed by atoms with E-state index in [0.29, 0.717) is 29.6 Å². The van der Waals surface area contributed by atoms with Crippen LogP contribution in [0.15, 0.2) is 30.3 Å². The normalized spacial score (nSPS) is 24.8. The topological polar surface area (TPSA) is 9.23 Å². The van der Waals surface area contributed by atoms with E-state index in [2.05, 4.69) is 13.0 Å². The molecule has 1 heterocycles. The maximum Gasteiger partial charge on any atom is 0.200 e. The molecule has 0 bridgehead atoms. The van der Waals surface area contributed by atoms with Crippen LogP contribution in [0.3, 0.4) is 0 Å². The van der Waals surface area contributed by atoms with Gasteiger partial charge in [0.1, 0.15) is 5.82 Å². The largest absolute Gasteiger partial charge is 0.490 e. The van der Waals surface area contributed by atoms with Crippen LogP contribution in [0.25, 0.3) is 10.1 Å². The molecular weight excluding hydrogens is 477 g/mol. The molecule has 5 rings (SSSR count). The highest BCUT2D eigenvalue weighted by molar-refractivity contribution is 7.19. The number of rotatable bonds is 7. The minimum Gasteiger partial charge on any atom is -0.490 e. The summed E-state index contributed by atoms with van der Waals surface area (Å²) in [6.07, 6.45) is 10.6. The van der Waals surface area contributed by atoms with Crippen LogP contribution in [0.1, 0.15) is 99.0 Å². The molecule has 1 nitrogen and oxygen atoms in total. The van der Waals surface area contributed by atoms with Crippen LogP contribution in [0.4, 0.5) is 13.2 Å². The summed E-state index contributed by atoms with van der Waals surface area (Å²) in [6, 6.07) is 9.27. The minimum absolute atomic E-state index is 0.00648. The van der Waals surface area contributed by atoms with Crippen molar-refractivity contribution >= 4 is 21.4 Å². The molecule has 0 amide bonds. The van der Waals surface area contributed by atoms with Gasteiger partial charge in [-0.3, -0.25) is 0 Å². The molecule has 2 saturated carbocycles. The predicted molar refractivity (Wildman–Crippen MR) is 143 cm³/mol. The Balaban J connectivity index is 1.18. The number of aryl methyl sites for hydroxylation is 1. The number of thiophene rings is 1. The van der Waals surface area contributed by atoms with Crippen molar-refractivity contribution < 1.29 is 17.9 Å². The number of benzene rings is 2. The fraction of sp³-hybridized carbons (Fsp3) is 0.548. The molecule has 0 radical (unpaired) electrons. The third kappa shape index (κ3) is 5.32. The van der Waals surface area contributed by atoms with Crippen molar-refractivity contribution in [2.75, 3.05) is 6.61 Å². The van der Waals surface area contributed by atoms with Gasteiger partial charge in [0.05, 0.1) is 11.3 Å². The lowest BCUT2D eigenvalue weighted by Crippen LogP contribution is -2.20. The van der Waals surface area contributed by atoms with Crippen molar-refractivity contribution in [2.24, 2.45) is 11.8 Å². The molecule has 3 aromatic rings. The van der Waals surface area contributed by atoms with Gasteiger partial charge < -0.3 is 4.74 Å². The van der Waals surface area contributed by atoms with Crippen molar-refractivity contribution in [3.63, 3.8) is 0 Å². The molecule has 0 unspecified atom stereocenters. The van der Waals surface area contributed by atoms with E-state index in [1.165, 1.54) is 30.6 Å². The average molecular weight is 515 g/mol. The SMILES string of the molecule is CCCC1CCC(COc2ccc(C3CCC(c4cc5ccc(C)c(F)c5s4)CC3)c(F)c2F)CC1. The monoisotopic (exact) mass is 514 g/mol. The second-order valence-corrected chi connectivity index (χ2v) is 12.2. The average Bonchev–Trinajstić information content (AvgIpc) is 3.34. The molecule has 5 heteroatoms. The Morgan fingerprint density at radius 1 is 0.806 bits per heavy atom. The first-order valence-corrected chi connectivity index (χ1v) is 14.6. The van der Waals surface area contributed by atoms with E-state index >= 15 is 4.39 Å². The molecule has 36 heavy (non-hydrogen) atoms. The zero-order valence-corrected chi connectivity index (χ0v) is 22.2. The Morgan fingerprint density at radius 3 is 2.22 bits per heavy atom. The molecule has 1 aromatic heterocycles. The Labute approximate surface area is 217 Å². The summed E-state index contributed by atoms with van der Waals surface area (Å²) in [5.74, 6) is -0.0644. The van der Waals surface area contributed by atoms with Gasteiger partial charge in [-0.05, 0) is 97.8 Å². The molecule has 2 fully saturated rings. The van der Waals surface area contributed by atoms with Crippen molar-refractivity contribution in [1.82, 2.24) is 0 Å². The zero-order valence-electron chi connectivity index (χ0n) is 21.4. The predicted octanol–water partition coefficient (Wildman–Crippen LogP) is 10.1. The summed E-state index contributed by atoms with van der Waals surface area (Å²) >= 11 is 1.54. The number of hydrogen-bond acceptors (Lipinski definition) is 2. The summed E-state index contributed by atoms with van der Waals surface area (Å²) in [6.45, 7) is 4.49. The molecule has 2 aliphatic rings. The van der Waals surface area contributed by atoms with Gasteiger partial charge in [-0.15, -0.1) is 11.3 Å². The van der Waals surface area contributed by atoms with E-state index in [-0.39, 0.29) is 17.5 Å². The highest BCUT2D eigenvalue weighted by atomic mass is 32.1. The Morgan fingerprint density at radius 2 is 1.50 bits per heavy atom. The van der Waals surface area contributed by atoms with E-state index in [0.717, 1.165) is 54.5 Å². The molecule has 0 N–H and O–H groups in total. The molecule has 2 aromatic carbocycles. The van der Waals surface area contributed by atoms with Gasteiger partial charge in [0.25, 0.3) is 0 Å². The Bertz CT molecular complexity index is 1190. The van der Waals surface area contributed by atoms with E-state index in [9.17, 15) is 8.78 Å². The van der Waals surface area contributed by atoms with Crippen LogP contribution in [0.2, 0.25) is 0 Å². The molecule has 194 valence electrons. The van der Waals surface area contributed by atoms with Crippen LogP contribution in [-0.2, 0) is 0 Å². The van der Waals surface area contributed by atoms with Crippen molar-refractivity contribution in [1.29, 1.82) is 0 Å². The fourth-order valence-corrected chi connectivity index (χ4v) is 7.67. The third-order valence-electron chi connectivity index (χ3n) is 8.62. The first-order valence-electron chi connectivity index (χ1n) is 13.7. The van der Waals surface area contributed by atoms with Crippen LogP contribution in [0.5, 0.6) is 5.75 Å². The van der Waals surface area contributed by atoms with E-state index in [1.807, 2.05) is 12.1 Å². The molecule has 0 spiro atoms. The van der Waals surface area contributed by atoms with Gasteiger partial charge in [-0.2, -0.15) is 4.39 Å². The van der Waals surface area contributed by atoms with Gasteiger partial charge in [0.2, 0.25) is 5.82 Å². The number of halogens is 3. The van der Waals surface area contributed by atoms with Crippen molar-refractivity contribution in [3.8, 4) is 5.75 Å². The lowest BCUT2D eigenvalue weighted by atomic mass is 9.78. The quantitative estimate of drug-likeness (QED) is 0.305. The summed E-state index contributed by atoms with van der Waals surface area (Å²) in [5.41, 5.74) is 1.14. The van der Waals surface area contributed by atoms with Gasteiger partial charge in [0, 0.05) is 4.88 Å². The number of fused-ring (bicyclic) bond motifs is 1. The third-order valence-corrected chi connectivity index (χ3v) is 9.93. The minimum atomic E-state index is -0.843. The van der Waals surface area contributed by atoms with Crippen LogP contribution < -0.4 is 4.74 Å². The molecular formula is C31H37F3OS. The summed E-state index contributed by atoms with van der Waals surface area (Å²) in [4.78, 5) is 1.20. The van der Waals surface area contributed by atoms with Gasteiger partial charge >= 0.3 is 0 Å². The smallest absolute Gasteiger partial charge is 0.200 e. The molecule has 2 aliphatic carbocycles. The van der Waals surface area contributed by atoms with Crippen molar-refractivity contribution in [2.45, 2.75) is 89.9 Å². The molecule has 0 aliphatic heterocycles.